The van der Waals surface area contributed by atoms with Crippen molar-refractivity contribution in [3.63, 3.8) is 0 Å². The van der Waals surface area contributed by atoms with Gasteiger partial charge in [0, 0.05) is 18.6 Å². The first-order chi connectivity index (χ1) is 10.2. The number of aliphatic carboxylic acids is 1. The van der Waals surface area contributed by atoms with Gasteiger partial charge in [0.2, 0.25) is 5.91 Å². The molecule has 5 nitrogen and oxygen atoms in total. The molecule has 1 atom stereocenters. The van der Waals surface area contributed by atoms with Crippen LogP contribution in [0.4, 0.5) is 0 Å². The van der Waals surface area contributed by atoms with E-state index in [2.05, 4.69) is 5.32 Å². The Hall–Kier alpha value is -1.30. The Morgan fingerprint density at radius 2 is 1.91 bits per heavy atom. The number of nitrogens with one attached hydrogen (secondary N) is 1. The molecule has 0 radical (unpaired) electrons. The highest BCUT2D eigenvalue weighted by atomic mass is 32.2. The van der Waals surface area contributed by atoms with Crippen molar-refractivity contribution < 1.29 is 19.5 Å². The highest BCUT2D eigenvalue weighted by Gasteiger charge is 2.50. The summed E-state index contributed by atoms with van der Waals surface area (Å²) in [7, 11) is 0. The molecule has 1 aliphatic rings. The molecule has 124 valence electrons. The molecule has 0 aromatic carbocycles. The number of amides is 1. The molecule has 22 heavy (non-hydrogen) atoms. The van der Waals surface area contributed by atoms with Gasteiger partial charge in [0.1, 0.15) is 5.70 Å². The molecule has 1 saturated carbocycles. The summed E-state index contributed by atoms with van der Waals surface area (Å²) in [4.78, 5) is 33.8. The molecular weight excluding hydrogens is 302 g/mol. The van der Waals surface area contributed by atoms with Crippen molar-refractivity contribution >= 4 is 28.8 Å². The summed E-state index contributed by atoms with van der Waals surface area (Å²) in [5.74, 6) is -0.576. The first-order valence-electron chi connectivity index (χ1n) is 7.61. The fraction of sp³-hybridized carbons (Fsp3) is 0.688. The second-order valence-corrected chi connectivity index (χ2v) is 7.62. The van der Waals surface area contributed by atoms with Gasteiger partial charge in [-0.05, 0) is 31.1 Å². The number of hydrogen-bond acceptors (Lipinski definition) is 4. The highest BCUT2D eigenvalue weighted by molar-refractivity contribution is 8.13. The monoisotopic (exact) mass is 327 g/mol. The van der Waals surface area contributed by atoms with E-state index >= 15 is 0 Å². The third kappa shape index (κ3) is 6.64. The maximum Gasteiger partial charge on any atom is 0.352 e. The van der Waals surface area contributed by atoms with Crippen molar-refractivity contribution in [2.75, 3.05) is 5.75 Å². The van der Waals surface area contributed by atoms with E-state index in [9.17, 15) is 14.4 Å². The zero-order valence-corrected chi connectivity index (χ0v) is 14.3. The fourth-order valence-electron chi connectivity index (χ4n) is 2.21. The van der Waals surface area contributed by atoms with Crippen molar-refractivity contribution in [2.24, 2.45) is 11.3 Å². The lowest BCUT2D eigenvalue weighted by molar-refractivity contribution is -0.135. The molecule has 0 saturated heterocycles. The van der Waals surface area contributed by atoms with Crippen molar-refractivity contribution in [1.29, 1.82) is 0 Å². The van der Waals surface area contributed by atoms with Crippen LogP contribution in [-0.4, -0.2) is 27.9 Å². The molecule has 6 heteroatoms. The van der Waals surface area contributed by atoms with Crippen molar-refractivity contribution in [3.05, 3.63) is 11.8 Å². The van der Waals surface area contributed by atoms with Gasteiger partial charge in [0.05, 0.1) is 0 Å². The number of carboxylic acids is 1. The Morgan fingerprint density at radius 1 is 1.27 bits per heavy atom. The lowest BCUT2D eigenvalue weighted by atomic mass is 10.1. The van der Waals surface area contributed by atoms with Gasteiger partial charge in [-0.15, -0.1) is 0 Å². The van der Waals surface area contributed by atoms with Crippen LogP contribution in [0.3, 0.4) is 0 Å². The number of carbonyl (C=O) groups is 3. The van der Waals surface area contributed by atoms with E-state index in [1.54, 1.807) is 13.0 Å². The summed E-state index contributed by atoms with van der Waals surface area (Å²) >= 11 is 1.31. The van der Waals surface area contributed by atoms with Gasteiger partial charge in [-0.3, -0.25) is 9.59 Å². The van der Waals surface area contributed by atoms with Crippen LogP contribution >= 0.6 is 11.8 Å². The van der Waals surface area contributed by atoms with Crippen molar-refractivity contribution in [2.45, 2.75) is 52.9 Å². The summed E-state index contributed by atoms with van der Waals surface area (Å²) in [6.07, 6.45) is 5.71. The number of hydrogen-bond donors (Lipinski definition) is 2. The minimum Gasteiger partial charge on any atom is -0.477 e. The normalized spacial score (nSPS) is 19.6. The van der Waals surface area contributed by atoms with Crippen LogP contribution in [0.5, 0.6) is 0 Å². The molecule has 0 aliphatic heterocycles. The predicted octanol–water partition coefficient (Wildman–Crippen LogP) is 2.96. The number of carboxylic acid groups (broad SMARTS) is 1. The first-order valence-corrected chi connectivity index (χ1v) is 8.60. The maximum absolute atomic E-state index is 11.9. The van der Waals surface area contributed by atoms with Crippen LogP contribution in [0.25, 0.3) is 0 Å². The van der Waals surface area contributed by atoms with Crippen molar-refractivity contribution in [1.82, 2.24) is 5.32 Å². The predicted molar refractivity (Wildman–Crippen MR) is 87.4 cm³/mol. The Labute approximate surface area is 135 Å². The SMILES string of the molecule is CC(=O)SCCCCC/C=C(\NC(=O)C1CC1(C)C)C(=O)O. The number of rotatable bonds is 9. The zero-order valence-electron chi connectivity index (χ0n) is 13.5. The van der Waals surface area contributed by atoms with Gasteiger partial charge >= 0.3 is 5.97 Å². The van der Waals surface area contributed by atoms with Gasteiger partial charge in [-0.2, -0.15) is 0 Å². The topological polar surface area (TPSA) is 83.5 Å². The van der Waals surface area contributed by atoms with E-state index in [1.807, 2.05) is 13.8 Å². The standard InChI is InChI=1S/C16H25NO4S/c1-11(18)22-9-7-5-4-6-8-13(15(20)21)17-14(19)12-10-16(12,2)3/h8,12H,4-7,9-10H2,1-3H3,(H,17,19)(H,20,21)/b13-8-. The molecule has 0 aromatic rings. The van der Waals surface area contributed by atoms with Crippen LogP contribution in [0, 0.1) is 11.3 Å². The summed E-state index contributed by atoms with van der Waals surface area (Å²) in [6.45, 7) is 5.55. The van der Waals surface area contributed by atoms with Crippen LogP contribution in [0.1, 0.15) is 52.9 Å². The Balaban J connectivity index is 2.29. The molecule has 1 unspecified atom stereocenters. The van der Waals surface area contributed by atoms with Crippen LogP contribution in [0.2, 0.25) is 0 Å². The molecule has 0 heterocycles. The molecule has 1 aliphatic carbocycles. The second-order valence-electron chi connectivity index (χ2n) is 6.35. The average molecular weight is 327 g/mol. The Kier molecular flexibility index (Phi) is 7.13. The van der Waals surface area contributed by atoms with E-state index in [-0.39, 0.29) is 28.1 Å². The lowest BCUT2D eigenvalue weighted by Gasteiger charge is -2.07. The van der Waals surface area contributed by atoms with E-state index in [4.69, 9.17) is 5.11 Å². The number of unbranched alkanes of at least 4 members (excludes halogenated alkanes) is 3. The minimum atomic E-state index is -1.10. The Morgan fingerprint density at radius 3 is 2.41 bits per heavy atom. The smallest absolute Gasteiger partial charge is 0.352 e. The van der Waals surface area contributed by atoms with E-state index in [0.717, 1.165) is 31.4 Å². The van der Waals surface area contributed by atoms with Crippen LogP contribution < -0.4 is 5.32 Å². The molecular formula is C16H25NO4S. The van der Waals surface area contributed by atoms with E-state index in [1.165, 1.54) is 11.8 Å². The van der Waals surface area contributed by atoms with Gasteiger partial charge in [-0.25, -0.2) is 4.79 Å². The van der Waals surface area contributed by atoms with Crippen molar-refractivity contribution in [3.8, 4) is 0 Å². The molecule has 0 bridgehead atoms. The summed E-state index contributed by atoms with van der Waals surface area (Å²) < 4.78 is 0. The number of thioether (sulfide) groups is 1. The largest absolute Gasteiger partial charge is 0.477 e. The molecule has 2 N–H and O–H groups in total. The van der Waals surface area contributed by atoms with E-state index < -0.39 is 5.97 Å². The quantitative estimate of drug-likeness (QED) is 0.502. The van der Waals surface area contributed by atoms with Gasteiger partial charge < -0.3 is 10.4 Å². The van der Waals surface area contributed by atoms with Crippen LogP contribution in [0.15, 0.2) is 11.8 Å². The zero-order chi connectivity index (χ0) is 16.8. The Bertz CT molecular complexity index is 471. The number of allylic oxidation sites excluding steroid dienone is 1. The lowest BCUT2D eigenvalue weighted by Crippen LogP contribution is -2.29. The van der Waals surface area contributed by atoms with E-state index in [0.29, 0.717) is 6.42 Å². The molecule has 1 fully saturated rings. The fourth-order valence-corrected chi connectivity index (χ4v) is 2.85. The number of carbonyl (C=O) groups excluding carboxylic acids is 2. The second kappa shape index (κ2) is 8.36. The average Bonchev–Trinajstić information content (AvgIpc) is 3.04. The first kappa shape index (κ1) is 18.7. The van der Waals surface area contributed by atoms with Gasteiger partial charge in [0.15, 0.2) is 5.12 Å². The van der Waals surface area contributed by atoms with Gasteiger partial charge in [0.25, 0.3) is 0 Å². The minimum absolute atomic E-state index is 0.0118. The van der Waals surface area contributed by atoms with Crippen LogP contribution in [-0.2, 0) is 14.4 Å². The molecule has 0 spiro atoms. The van der Waals surface area contributed by atoms with Gasteiger partial charge in [-0.1, -0.05) is 38.1 Å². The third-order valence-electron chi connectivity index (χ3n) is 3.82. The molecule has 1 amide bonds. The highest BCUT2D eigenvalue weighted by Crippen LogP contribution is 2.51. The summed E-state index contributed by atoms with van der Waals surface area (Å²) in [5.41, 5.74) is -0.0342. The summed E-state index contributed by atoms with van der Waals surface area (Å²) in [6, 6.07) is 0. The molecule has 0 aromatic heterocycles. The third-order valence-corrected chi connectivity index (χ3v) is 4.72. The molecule has 1 rings (SSSR count). The maximum atomic E-state index is 11.9. The summed E-state index contributed by atoms with van der Waals surface area (Å²) in [5, 5.41) is 11.8.